The van der Waals surface area contributed by atoms with Crippen molar-refractivity contribution >= 4 is 5.91 Å². The van der Waals surface area contributed by atoms with Gasteiger partial charge in [-0.3, -0.25) is 4.79 Å². The van der Waals surface area contributed by atoms with Crippen LogP contribution in [0.25, 0.3) is 0 Å². The maximum absolute atomic E-state index is 13.3. The van der Waals surface area contributed by atoms with Crippen molar-refractivity contribution in [2.24, 2.45) is 5.73 Å². The zero-order chi connectivity index (χ0) is 13.0. The molecule has 0 radical (unpaired) electrons. The molecule has 0 aliphatic carbocycles. The van der Waals surface area contributed by atoms with Crippen LogP contribution in [0.3, 0.4) is 0 Å². The van der Waals surface area contributed by atoms with Gasteiger partial charge in [0.25, 0.3) is 5.91 Å². The minimum atomic E-state index is -1.21. The van der Waals surface area contributed by atoms with Crippen LogP contribution in [0.4, 0.5) is 13.2 Å². The van der Waals surface area contributed by atoms with Crippen LogP contribution in [0.2, 0.25) is 0 Å². The summed E-state index contributed by atoms with van der Waals surface area (Å²) < 4.78 is 39.4. The van der Waals surface area contributed by atoms with Gasteiger partial charge in [0.05, 0.1) is 0 Å². The van der Waals surface area contributed by atoms with Crippen molar-refractivity contribution in [2.75, 3.05) is 19.6 Å². The maximum atomic E-state index is 13.3. The Labute approximate surface area is 97.0 Å². The maximum Gasteiger partial charge on any atom is 0.259 e. The van der Waals surface area contributed by atoms with Crippen LogP contribution in [0.5, 0.6) is 0 Å². The average molecular weight is 246 g/mol. The number of hydrogen-bond acceptors (Lipinski definition) is 2. The zero-order valence-corrected chi connectivity index (χ0v) is 9.34. The lowest BCUT2D eigenvalue weighted by Gasteiger charge is -2.20. The Bertz CT molecular complexity index is 400. The van der Waals surface area contributed by atoms with E-state index in [1.54, 1.807) is 6.92 Å². The third-order valence-electron chi connectivity index (χ3n) is 2.29. The molecule has 6 heteroatoms. The van der Waals surface area contributed by atoms with Crippen molar-refractivity contribution in [3.05, 3.63) is 35.1 Å². The van der Waals surface area contributed by atoms with Gasteiger partial charge in [0.1, 0.15) is 23.0 Å². The Kier molecular flexibility index (Phi) is 4.51. The molecule has 3 nitrogen and oxygen atoms in total. The summed E-state index contributed by atoms with van der Waals surface area (Å²) in [6, 6.07) is 0.958. The van der Waals surface area contributed by atoms with E-state index in [2.05, 4.69) is 0 Å². The molecule has 1 aromatic rings. The number of carbonyl (C=O) groups excluding carboxylic acids is 1. The number of likely N-dealkylation sites (N-methyl/N-ethyl adjacent to an activating group) is 1. The molecule has 1 rings (SSSR count). The van der Waals surface area contributed by atoms with Gasteiger partial charge in [0.15, 0.2) is 0 Å². The summed E-state index contributed by atoms with van der Waals surface area (Å²) in [5.41, 5.74) is 4.53. The number of nitrogens with zero attached hydrogens (tertiary/aromatic N) is 1. The fourth-order valence-electron chi connectivity index (χ4n) is 1.46. The minimum Gasteiger partial charge on any atom is -0.337 e. The lowest BCUT2D eigenvalue weighted by atomic mass is 10.1. The molecule has 0 saturated carbocycles. The van der Waals surface area contributed by atoms with E-state index in [1.165, 1.54) is 4.90 Å². The van der Waals surface area contributed by atoms with Crippen molar-refractivity contribution in [1.29, 1.82) is 0 Å². The highest BCUT2D eigenvalue weighted by molar-refractivity contribution is 5.94. The molecule has 0 bridgehead atoms. The Hall–Kier alpha value is -1.56. The van der Waals surface area contributed by atoms with Crippen LogP contribution in [-0.4, -0.2) is 30.4 Å². The molecule has 94 valence electrons. The molecule has 17 heavy (non-hydrogen) atoms. The van der Waals surface area contributed by atoms with Gasteiger partial charge >= 0.3 is 0 Å². The second-order valence-electron chi connectivity index (χ2n) is 3.42. The van der Waals surface area contributed by atoms with E-state index in [0.29, 0.717) is 12.1 Å². The first kappa shape index (κ1) is 13.5. The quantitative estimate of drug-likeness (QED) is 0.875. The molecule has 0 aliphatic heterocycles. The fourth-order valence-corrected chi connectivity index (χ4v) is 1.46. The van der Waals surface area contributed by atoms with Gasteiger partial charge in [0, 0.05) is 31.8 Å². The number of amides is 1. The number of benzene rings is 1. The van der Waals surface area contributed by atoms with Crippen molar-refractivity contribution in [1.82, 2.24) is 4.90 Å². The van der Waals surface area contributed by atoms with Gasteiger partial charge in [0.2, 0.25) is 0 Å². The topological polar surface area (TPSA) is 46.3 Å². The van der Waals surface area contributed by atoms with Crippen molar-refractivity contribution in [3.63, 3.8) is 0 Å². The second-order valence-corrected chi connectivity index (χ2v) is 3.42. The van der Waals surface area contributed by atoms with Gasteiger partial charge < -0.3 is 10.6 Å². The van der Waals surface area contributed by atoms with E-state index in [4.69, 9.17) is 5.73 Å². The lowest BCUT2D eigenvalue weighted by molar-refractivity contribution is 0.0759. The molecule has 0 saturated heterocycles. The molecule has 0 heterocycles. The number of hydrogen-bond donors (Lipinski definition) is 1. The number of carbonyl (C=O) groups is 1. The molecule has 0 unspecified atom stereocenters. The first-order valence-electron chi connectivity index (χ1n) is 5.15. The molecule has 0 aliphatic rings. The molecule has 1 aromatic carbocycles. The summed E-state index contributed by atoms with van der Waals surface area (Å²) in [6.45, 7) is 2.30. The van der Waals surface area contributed by atoms with E-state index < -0.39 is 28.9 Å². The Morgan fingerprint density at radius 2 is 1.82 bits per heavy atom. The van der Waals surface area contributed by atoms with Crippen LogP contribution in [0.15, 0.2) is 12.1 Å². The van der Waals surface area contributed by atoms with E-state index in [-0.39, 0.29) is 19.6 Å². The molecule has 0 spiro atoms. The third kappa shape index (κ3) is 2.97. The van der Waals surface area contributed by atoms with Crippen molar-refractivity contribution < 1.29 is 18.0 Å². The van der Waals surface area contributed by atoms with Gasteiger partial charge in [-0.15, -0.1) is 0 Å². The second kappa shape index (κ2) is 5.67. The lowest BCUT2D eigenvalue weighted by Crippen LogP contribution is -2.36. The molecule has 0 fully saturated rings. The van der Waals surface area contributed by atoms with E-state index >= 15 is 0 Å². The van der Waals surface area contributed by atoms with E-state index in [1.807, 2.05) is 0 Å². The number of halogens is 3. The molecule has 0 aromatic heterocycles. The Morgan fingerprint density at radius 1 is 1.29 bits per heavy atom. The summed E-state index contributed by atoms with van der Waals surface area (Å²) in [5.74, 6) is -4.29. The van der Waals surface area contributed by atoms with Crippen molar-refractivity contribution in [3.8, 4) is 0 Å². The van der Waals surface area contributed by atoms with Crippen LogP contribution >= 0.6 is 0 Å². The van der Waals surface area contributed by atoms with Crippen molar-refractivity contribution in [2.45, 2.75) is 6.92 Å². The molecule has 1 amide bonds. The van der Waals surface area contributed by atoms with Crippen LogP contribution in [0, 0.1) is 17.5 Å². The van der Waals surface area contributed by atoms with Gasteiger partial charge in [-0.25, -0.2) is 13.2 Å². The Morgan fingerprint density at radius 3 is 2.24 bits per heavy atom. The highest BCUT2D eigenvalue weighted by Gasteiger charge is 2.22. The normalized spacial score (nSPS) is 10.4. The Balaban J connectivity index is 3.11. The smallest absolute Gasteiger partial charge is 0.259 e. The molecular formula is C11H13F3N2O. The van der Waals surface area contributed by atoms with Gasteiger partial charge in [-0.1, -0.05) is 0 Å². The summed E-state index contributed by atoms with van der Waals surface area (Å²) >= 11 is 0. The summed E-state index contributed by atoms with van der Waals surface area (Å²) in [5, 5.41) is 0. The zero-order valence-electron chi connectivity index (χ0n) is 9.34. The summed E-state index contributed by atoms with van der Waals surface area (Å²) in [6.07, 6.45) is 0. The molecule has 2 N–H and O–H groups in total. The third-order valence-corrected chi connectivity index (χ3v) is 2.29. The van der Waals surface area contributed by atoms with Crippen LogP contribution in [0.1, 0.15) is 17.3 Å². The van der Waals surface area contributed by atoms with E-state index in [9.17, 15) is 18.0 Å². The first-order chi connectivity index (χ1) is 8.01. The molecular weight excluding hydrogens is 233 g/mol. The fraction of sp³-hybridized carbons (Fsp3) is 0.364. The average Bonchev–Trinajstić information content (AvgIpc) is 2.24. The monoisotopic (exact) mass is 246 g/mol. The largest absolute Gasteiger partial charge is 0.337 e. The first-order valence-corrected chi connectivity index (χ1v) is 5.15. The highest BCUT2D eigenvalue weighted by atomic mass is 19.1. The predicted octanol–water partition coefficient (Wildman–Crippen LogP) is 1.52. The summed E-state index contributed by atoms with van der Waals surface area (Å²) in [4.78, 5) is 13.0. The summed E-state index contributed by atoms with van der Waals surface area (Å²) in [7, 11) is 0. The van der Waals surface area contributed by atoms with E-state index in [0.717, 1.165) is 0 Å². The van der Waals surface area contributed by atoms with Gasteiger partial charge in [-0.2, -0.15) is 0 Å². The predicted molar refractivity (Wildman–Crippen MR) is 56.9 cm³/mol. The molecule has 0 atom stereocenters. The van der Waals surface area contributed by atoms with Gasteiger partial charge in [-0.05, 0) is 6.92 Å². The number of nitrogens with two attached hydrogens (primary N) is 1. The highest BCUT2D eigenvalue weighted by Crippen LogP contribution is 2.16. The van der Waals surface area contributed by atoms with Crippen LogP contribution in [-0.2, 0) is 0 Å². The van der Waals surface area contributed by atoms with Crippen LogP contribution < -0.4 is 5.73 Å². The minimum absolute atomic E-state index is 0.185. The number of rotatable bonds is 4. The SMILES string of the molecule is CCN(CCN)C(=O)c1c(F)cc(F)cc1F. The standard InChI is InChI=1S/C11H13F3N2O/c1-2-16(4-3-15)11(17)10-8(13)5-7(12)6-9(10)14/h5-6H,2-4,15H2,1H3.